The van der Waals surface area contributed by atoms with Crippen molar-refractivity contribution >= 4 is 11.5 Å². The quantitative estimate of drug-likeness (QED) is 0.784. The fourth-order valence-electron chi connectivity index (χ4n) is 3.16. The molecule has 0 saturated heterocycles. The van der Waals surface area contributed by atoms with Crippen LogP contribution in [-0.4, -0.2) is 21.6 Å². The first-order chi connectivity index (χ1) is 11.8. The summed E-state index contributed by atoms with van der Waals surface area (Å²) in [4.78, 5) is 11.1. The van der Waals surface area contributed by atoms with E-state index < -0.39 is 0 Å². The molecule has 1 aliphatic heterocycles. The summed E-state index contributed by atoms with van der Waals surface area (Å²) in [5.41, 5.74) is 2.32. The third kappa shape index (κ3) is 2.90. The van der Waals surface area contributed by atoms with E-state index in [1.165, 1.54) is 5.56 Å². The predicted molar refractivity (Wildman–Crippen MR) is 95.2 cm³/mol. The van der Waals surface area contributed by atoms with Crippen LogP contribution in [0.4, 0.5) is 11.5 Å². The lowest BCUT2D eigenvalue weighted by atomic mass is 10.2. The van der Waals surface area contributed by atoms with E-state index in [0.29, 0.717) is 6.04 Å². The van der Waals surface area contributed by atoms with E-state index in [-0.39, 0.29) is 0 Å². The molecule has 1 aromatic carbocycles. The number of imidazole rings is 1. The summed E-state index contributed by atoms with van der Waals surface area (Å²) in [5.74, 6) is 2.09. The number of aryl methyl sites for hydroxylation is 1. The van der Waals surface area contributed by atoms with Gasteiger partial charge in [-0.25, -0.2) is 9.97 Å². The Hall–Kier alpha value is -2.66. The molecule has 0 fully saturated rings. The second-order valence-corrected chi connectivity index (χ2v) is 6.12. The van der Waals surface area contributed by atoms with Gasteiger partial charge in [0.2, 0.25) is 0 Å². The Morgan fingerprint density at radius 1 is 1.17 bits per heavy atom. The molecule has 5 nitrogen and oxygen atoms in total. The minimum absolute atomic E-state index is 0.340. The van der Waals surface area contributed by atoms with Crippen LogP contribution in [0.2, 0.25) is 0 Å². The molecule has 5 heteroatoms. The molecule has 0 saturated carbocycles. The molecule has 0 amide bonds. The van der Waals surface area contributed by atoms with Crippen LogP contribution in [0, 0.1) is 0 Å². The Labute approximate surface area is 142 Å². The summed E-state index contributed by atoms with van der Waals surface area (Å²) < 4.78 is 2.22. The van der Waals surface area contributed by atoms with Crippen molar-refractivity contribution in [3.8, 4) is 0 Å². The Bertz CT molecular complexity index is 794. The van der Waals surface area contributed by atoms with Crippen LogP contribution < -0.4 is 10.2 Å². The maximum atomic E-state index is 4.60. The number of hydrogen-bond donors (Lipinski definition) is 1. The van der Waals surface area contributed by atoms with Gasteiger partial charge in [-0.15, -0.1) is 0 Å². The van der Waals surface area contributed by atoms with Crippen LogP contribution in [-0.2, 0) is 13.1 Å². The molecule has 1 unspecified atom stereocenters. The lowest BCUT2D eigenvalue weighted by Crippen LogP contribution is -2.19. The zero-order valence-corrected chi connectivity index (χ0v) is 13.8. The van der Waals surface area contributed by atoms with Crippen LogP contribution >= 0.6 is 0 Å². The van der Waals surface area contributed by atoms with Gasteiger partial charge in [0.25, 0.3) is 0 Å². The predicted octanol–water partition coefficient (Wildman–Crippen LogP) is 3.28. The van der Waals surface area contributed by atoms with Gasteiger partial charge in [-0.3, -0.25) is 0 Å². The van der Waals surface area contributed by atoms with E-state index in [9.17, 15) is 0 Å². The molecular weight excluding hydrogens is 298 g/mol. The maximum Gasteiger partial charge on any atom is 0.132 e. The number of aromatic nitrogens is 3. The Morgan fingerprint density at radius 3 is 2.83 bits per heavy atom. The Morgan fingerprint density at radius 2 is 2.04 bits per heavy atom. The smallest absolute Gasteiger partial charge is 0.132 e. The van der Waals surface area contributed by atoms with Crippen LogP contribution in [0.15, 0.2) is 61.1 Å². The van der Waals surface area contributed by atoms with E-state index in [1.54, 1.807) is 0 Å². The first kappa shape index (κ1) is 14.9. The molecule has 1 N–H and O–H groups in total. The van der Waals surface area contributed by atoms with E-state index in [0.717, 1.165) is 36.8 Å². The Kier molecular flexibility index (Phi) is 4.01. The molecule has 0 radical (unpaired) electrons. The molecule has 24 heavy (non-hydrogen) atoms. The minimum Gasteiger partial charge on any atom is -0.334 e. The average molecular weight is 319 g/mol. The van der Waals surface area contributed by atoms with Gasteiger partial charge in [0.15, 0.2) is 0 Å². The van der Waals surface area contributed by atoms with Crippen molar-refractivity contribution in [3.63, 3.8) is 0 Å². The SMILES string of the molecule is CN(c1ccccc1)c1ccc(CNC2CCn3ccnc32)cn1. The number of hydrogen-bond acceptors (Lipinski definition) is 4. The fourth-order valence-corrected chi connectivity index (χ4v) is 3.16. The summed E-state index contributed by atoms with van der Waals surface area (Å²) in [7, 11) is 2.04. The number of fused-ring (bicyclic) bond motifs is 1. The summed E-state index contributed by atoms with van der Waals surface area (Å²) in [6.45, 7) is 1.85. The third-order valence-corrected chi connectivity index (χ3v) is 4.57. The number of pyridine rings is 1. The monoisotopic (exact) mass is 319 g/mol. The lowest BCUT2D eigenvalue weighted by molar-refractivity contribution is 0.520. The van der Waals surface area contributed by atoms with Crippen molar-refractivity contribution in [3.05, 3.63) is 72.4 Å². The molecule has 1 aliphatic rings. The second-order valence-electron chi connectivity index (χ2n) is 6.12. The summed E-state index contributed by atoms with van der Waals surface area (Å²) in [6.07, 6.45) is 6.97. The van der Waals surface area contributed by atoms with Crippen LogP contribution in [0.1, 0.15) is 23.9 Å². The number of nitrogens with zero attached hydrogens (tertiary/aromatic N) is 4. The zero-order chi connectivity index (χ0) is 16.4. The molecule has 3 aromatic rings. The van der Waals surface area contributed by atoms with Gasteiger partial charge >= 0.3 is 0 Å². The van der Waals surface area contributed by atoms with Gasteiger partial charge < -0.3 is 14.8 Å². The normalized spacial score (nSPS) is 16.1. The molecule has 3 heterocycles. The molecular formula is C19H21N5. The highest BCUT2D eigenvalue weighted by Gasteiger charge is 2.22. The van der Waals surface area contributed by atoms with E-state index in [2.05, 4.69) is 49.0 Å². The van der Waals surface area contributed by atoms with Crippen molar-refractivity contribution in [2.75, 3.05) is 11.9 Å². The van der Waals surface area contributed by atoms with Gasteiger partial charge in [-0.1, -0.05) is 24.3 Å². The van der Waals surface area contributed by atoms with Gasteiger partial charge in [0, 0.05) is 44.4 Å². The van der Waals surface area contributed by atoms with Gasteiger partial charge in [0.05, 0.1) is 6.04 Å². The van der Waals surface area contributed by atoms with Crippen LogP contribution in [0.3, 0.4) is 0 Å². The zero-order valence-electron chi connectivity index (χ0n) is 13.8. The van der Waals surface area contributed by atoms with Crippen molar-refractivity contribution in [2.24, 2.45) is 0 Å². The second kappa shape index (κ2) is 6.45. The number of rotatable bonds is 5. The van der Waals surface area contributed by atoms with E-state index in [1.807, 2.05) is 43.8 Å². The molecule has 0 spiro atoms. The first-order valence-corrected chi connectivity index (χ1v) is 8.29. The number of benzene rings is 1. The lowest BCUT2D eigenvalue weighted by Gasteiger charge is -2.18. The summed E-state index contributed by atoms with van der Waals surface area (Å²) >= 11 is 0. The standard InChI is InChI=1S/C19H21N5/c1-23(16-5-3-2-4-6-16)18-8-7-15(14-22-18)13-21-17-9-11-24-12-10-20-19(17)24/h2-8,10,12,14,17,21H,9,11,13H2,1H3. The largest absolute Gasteiger partial charge is 0.334 e. The van der Waals surface area contributed by atoms with Gasteiger partial charge in [-0.05, 0) is 30.2 Å². The number of nitrogens with one attached hydrogen (secondary N) is 1. The average Bonchev–Trinajstić information content (AvgIpc) is 3.25. The number of anilines is 2. The molecule has 0 bridgehead atoms. The molecule has 1 atom stereocenters. The van der Waals surface area contributed by atoms with Crippen LogP contribution in [0.25, 0.3) is 0 Å². The Balaban J connectivity index is 1.40. The van der Waals surface area contributed by atoms with Crippen molar-refractivity contribution in [1.82, 2.24) is 19.9 Å². The van der Waals surface area contributed by atoms with Crippen LogP contribution in [0.5, 0.6) is 0 Å². The molecule has 2 aromatic heterocycles. The first-order valence-electron chi connectivity index (χ1n) is 8.29. The highest BCUT2D eigenvalue weighted by atomic mass is 15.2. The van der Waals surface area contributed by atoms with E-state index in [4.69, 9.17) is 0 Å². The highest BCUT2D eigenvalue weighted by molar-refractivity contribution is 5.58. The van der Waals surface area contributed by atoms with Crippen molar-refractivity contribution < 1.29 is 0 Å². The van der Waals surface area contributed by atoms with Crippen molar-refractivity contribution in [1.29, 1.82) is 0 Å². The molecule has 122 valence electrons. The summed E-state index contributed by atoms with van der Waals surface area (Å²) in [6, 6.07) is 14.8. The van der Waals surface area contributed by atoms with E-state index >= 15 is 0 Å². The minimum atomic E-state index is 0.340. The van der Waals surface area contributed by atoms with Gasteiger partial charge in [0.1, 0.15) is 11.6 Å². The maximum absolute atomic E-state index is 4.60. The third-order valence-electron chi connectivity index (χ3n) is 4.57. The number of para-hydroxylation sites is 1. The molecule has 0 aliphatic carbocycles. The molecule has 4 rings (SSSR count). The topological polar surface area (TPSA) is 46.0 Å². The van der Waals surface area contributed by atoms with Gasteiger partial charge in [-0.2, -0.15) is 0 Å². The summed E-state index contributed by atoms with van der Waals surface area (Å²) in [5, 5.41) is 3.58. The van der Waals surface area contributed by atoms with Crippen molar-refractivity contribution in [2.45, 2.75) is 25.6 Å². The highest BCUT2D eigenvalue weighted by Crippen LogP contribution is 2.24. The fraction of sp³-hybridized carbons (Fsp3) is 0.263.